The van der Waals surface area contributed by atoms with Gasteiger partial charge in [-0.25, -0.2) is 0 Å². The molecule has 2 aromatic carbocycles. The van der Waals surface area contributed by atoms with Crippen molar-refractivity contribution in [3.05, 3.63) is 66.4 Å². The molecule has 3 aromatic rings. The van der Waals surface area contributed by atoms with E-state index in [0.29, 0.717) is 32.2 Å². The van der Waals surface area contributed by atoms with Crippen molar-refractivity contribution in [2.24, 2.45) is 5.92 Å². The summed E-state index contributed by atoms with van der Waals surface area (Å²) in [5.74, 6) is 2.00. The summed E-state index contributed by atoms with van der Waals surface area (Å²) in [5, 5.41) is 2.49. The lowest BCUT2D eigenvalue weighted by Gasteiger charge is -2.48. The number of ether oxygens (including phenoxy) is 1. The lowest BCUT2D eigenvalue weighted by molar-refractivity contribution is -0.127. The fraction of sp³-hybridized carbons (Fsp3) is 0.500. The van der Waals surface area contributed by atoms with Crippen molar-refractivity contribution in [2.75, 3.05) is 56.7 Å². The van der Waals surface area contributed by atoms with Crippen LogP contribution in [0.2, 0.25) is 0 Å². The first kappa shape index (κ1) is 31.1. The Labute approximate surface area is 263 Å². The maximum Gasteiger partial charge on any atom is 0.318 e. The van der Waals surface area contributed by atoms with Crippen LogP contribution in [0.4, 0.5) is 11.5 Å². The number of piperidine rings is 1. The third kappa shape index (κ3) is 6.34. The van der Waals surface area contributed by atoms with E-state index in [4.69, 9.17) is 14.7 Å². The summed E-state index contributed by atoms with van der Waals surface area (Å²) in [4.78, 5) is 30.9. The van der Waals surface area contributed by atoms with Gasteiger partial charge in [0.1, 0.15) is 5.82 Å². The number of rotatable bonds is 4. The molecule has 3 aliphatic heterocycles. The molecule has 1 aliphatic carbocycles. The van der Waals surface area contributed by atoms with E-state index >= 15 is 0 Å². The standard InChI is InChI=1S/C27H31N5O2.C7H13N.H2S/c1-5-24(33)31-15-16-32(27(2,3)18-31)25-21-13-14-30(17-22(21)28-26(29-25)34-4)23-12-8-10-19-9-6-7-11-20(19)23;1-8-4-2-3-6-5-7(6)8;/h5-12H,1,13-18H2,2-4H3;6-7H,2-5H2,1H3;1H2. The van der Waals surface area contributed by atoms with Gasteiger partial charge in [0.05, 0.1) is 24.9 Å². The molecule has 0 bridgehead atoms. The van der Waals surface area contributed by atoms with Crippen molar-refractivity contribution in [2.45, 2.75) is 57.7 Å². The molecular formula is C34H46N6O2S. The molecule has 1 amide bonds. The van der Waals surface area contributed by atoms with Crippen LogP contribution < -0.4 is 14.5 Å². The van der Waals surface area contributed by atoms with Gasteiger partial charge in [-0.3, -0.25) is 4.79 Å². The minimum absolute atomic E-state index is 0. The van der Waals surface area contributed by atoms with Crippen LogP contribution in [0.3, 0.4) is 0 Å². The van der Waals surface area contributed by atoms with Crippen molar-refractivity contribution in [3.63, 3.8) is 0 Å². The number of hydrogen-bond acceptors (Lipinski definition) is 7. The van der Waals surface area contributed by atoms with Gasteiger partial charge in [-0.15, -0.1) is 0 Å². The number of carbonyl (C=O) groups excluding carboxylic acids is 1. The quantitative estimate of drug-likeness (QED) is 0.389. The number of aromatic nitrogens is 2. The number of methoxy groups -OCH3 is 1. The zero-order valence-electron chi connectivity index (χ0n) is 26.1. The van der Waals surface area contributed by atoms with E-state index in [-0.39, 0.29) is 24.9 Å². The molecule has 7 rings (SSSR count). The Morgan fingerprint density at radius 1 is 1.07 bits per heavy atom. The summed E-state index contributed by atoms with van der Waals surface area (Å²) in [6.45, 7) is 12.8. The van der Waals surface area contributed by atoms with E-state index in [0.717, 1.165) is 36.4 Å². The SMILES string of the molecule is C=CC(=O)N1CCN(c2nc(OC)nc3c2CCN(c2cccc4ccccc24)C3)C(C)(C)C1.CN1CCCC2CC21.S. The highest BCUT2D eigenvalue weighted by Gasteiger charge is 2.42. The van der Waals surface area contributed by atoms with E-state index in [1.165, 1.54) is 53.9 Å². The Balaban J connectivity index is 0.000000351. The summed E-state index contributed by atoms with van der Waals surface area (Å²) < 4.78 is 5.52. The molecule has 43 heavy (non-hydrogen) atoms. The van der Waals surface area contributed by atoms with Gasteiger partial charge >= 0.3 is 6.01 Å². The smallest absolute Gasteiger partial charge is 0.318 e. The number of benzene rings is 2. The van der Waals surface area contributed by atoms with Crippen molar-refractivity contribution in [1.29, 1.82) is 0 Å². The maximum absolute atomic E-state index is 12.2. The van der Waals surface area contributed by atoms with Gasteiger partial charge in [-0.05, 0) is 76.6 Å². The van der Waals surface area contributed by atoms with E-state index in [2.05, 4.69) is 84.6 Å². The van der Waals surface area contributed by atoms with Crippen molar-refractivity contribution in [3.8, 4) is 6.01 Å². The minimum Gasteiger partial charge on any atom is -0.467 e. The fourth-order valence-corrected chi connectivity index (χ4v) is 7.11. The molecule has 3 fully saturated rings. The molecule has 2 saturated heterocycles. The van der Waals surface area contributed by atoms with Gasteiger partial charge < -0.3 is 24.3 Å². The lowest BCUT2D eigenvalue weighted by atomic mass is 9.96. The van der Waals surface area contributed by atoms with Crippen LogP contribution in [0.5, 0.6) is 6.01 Å². The molecule has 2 atom stereocenters. The molecule has 0 N–H and O–H groups in total. The number of anilines is 2. The molecule has 1 saturated carbocycles. The predicted octanol–water partition coefficient (Wildman–Crippen LogP) is 5.03. The number of piperazine rings is 1. The van der Waals surface area contributed by atoms with Crippen LogP contribution in [0.25, 0.3) is 10.8 Å². The lowest BCUT2D eigenvalue weighted by Crippen LogP contribution is -2.61. The summed E-state index contributed by atoms with van der Waals surface area (Å²) >= 11 is 0. The monoisotopic (exact) mass is 602 g/mol. The zero-order valence-corrected chi connectivity index (χ0v) is 27.1. The van der Waals surface area contributed by atoms with E-state index in [9.17, 15) is 4.79 Å². The summed E-state index contributed by atoms with van der Waals surface area (Å²) in [5.41, 5.74) is 3.12. The van der Waals surface area contributed by atoms with Crippen LogP contribution >= 0.6 is 13.5 Å². The molecule has 9 heteroatoms. The third-order valence-electron chi connectivity index (χ3n) is 9.49. The highest BCUT2D eigenvalue weighted by molar-refractivity contribution is 7.59. The predicted molar refractivity (Wildman–Crippen MR) is 180 cm³/mol. The molecule has 0 radical (unpaired) electrons. The molecule has 1 aromatic heterocycles. The van der Waals surface area contributed by atoms with Crippen molar-refractivity contribution < 1.29 is 9.53 Å². The third-order valence-corrected chi connectivity index (χ3v) is 9.49. The van der Waals surface area contributed by atoms with E-state index < -0.39 is 0 Å². The van der Waals surface area contributed by atoms with E-state index in [1.807, 2.05) is 4.90 Å². The Bertz CT molecular complexity index is 1470. The van der Waals surface area contributed by atoms with Gasteiger partial charge in [0, 0.05) is 48.9 Å². The summed E-state index contributed by atoms with van der Waals surface area (Å²) in [7, 11) is 3.87. The van der Waals surface area contributed by atoms with Crippen LogP contribution in [-0.2, 0) is 17.8 Å². The molecule has 2 unspecified atom stereocenters. The second-order valence-electron chi connectivity index (χ2n) is 12.7. The van der Waals surface area contributed by atoms with Gasteiger partial charge in [-0.2, -0.15) is 23.5 Å². The first-order chi connectivity index (χ1) is 20.3. The molecular weight excluding hydrogens is 556 g/mol. The van der Waals surface area contributed by atoms with Crippen LogP contribution in [-0.4, -0.2) is 84.1 Å². The number of amides is 1. The van der Waals surface area contributed by atoms with Gasteiger partial charge in [0.15, 0.2) is 0 Å². The molecule has 230 valence electrons. The summed E-state index contributed by atoms with van der Waals surface area (Å²) in [6.07, 6.45) is 6.69. The van der Waals surface area contributed by atoms with Crippen molar-refractivity contribution in [1.82, 2.24) is 19.8 Å². The van der Waals surface area contributed by atoms with Crippen molar-refractivity contribution >= 4 is 41.7 Å². The zero-order chi connectivity index (χ0) is 29.4. The molecule has 0 spiro atoms. The molecule has 8 nitrogen and oxygen atoms in total. The first-order valence-electron chi connectivity index (χ1n) is 15.3. The largest absolute Gasteiger partial charge is 0.467 e. The number of hydrogen-bond donors (Lipinski definition) is 0. The van der Waals surface area contributed by atoms with Crippen LogP contribution in [0.1, 0.15) is 44.4 Å². The van der Waals surface area contributed by atoms with Gasteiger partial charge in [-0.1, -0.05) is 43.0 Å². The van der Waals surface area contributed by atoms with E-state index in [1.54, 1.807) is 7.11 Å². The minimum atomic E-state index is -0.281. The highest BCUT2D eigenvalue weighted by atomic mass is 32.1. The van der Waals surface area contributed by atoms with Crippen LogP contribution in [0.15, 0.2) is 55.1 Å². The second-order valence-corrected chi connectivity index (χ2v) is 12.7. The van der Waals surface area contributed by atoms with Gasteiger partial charge in [0.2, 0.25) is 5.91 Å². The second kappa shape index (κ2) is 12.7. The number of likely N-dealkylation sites (tertiary alicyclic amines) is 1. The fourth-order valence-electron chi connectivity index (χ4n) is 7.11. The Kier molecular flexibility index (Phi) is 9.23. The average molecular weight is 603 g/mol. The first-order valence-corrected chi connectivity index (χ1v) is 15.3. The number of nitrogens with zero attached hydrogens (tertiary/aromatic N) is 6. The average Bonchev–Trinajstić information content (AvgIpc) is 3.81. The maximum atomic E-state index is 12.2. The number of carbonyl (C=O) groups is 1. The van der Waals surface area contributed by atoms with Crippen LogP contribution in [0, 0.1) is 5.92 Å². The summed E-state index contributed by atoms with van der Waals surface area (Å²) in [6, 6.07) is 16.3. The topological polar surface area (TPSA) is 65.0 Å². The molecule has 4 aliphatic rings. The Hall–Kier alpha value is -3.30. The highest BCUT2D eigenvalue weighted by Crippen LogP contribution is 2.42. The normalized spacial score (nSPS) is 22.4. The number of fused-ring (bicyclic) bond motifs is 3. The molecule has 4 heterocycles. The van der Waals surface area contributed by atoms with Gasteiger partial charge in [0.25, 0.3) is 0 Å². The Morgan fingerprint density at radius 2 is 1.86 bits per heavy atom. The Morgan fingerprint density at radius 3 is 2.58 bits per heavy atom.